The molecule has 3 aromatic carbocycles. The van der Waals surface area contributed by atoms with E-state index in [1.165, 1.54) is 12.1 Å². The van der Waals surface area contributed by atoms with Gasteiger partial charge >= 0.3 is 29.6 Å². The van der Waals surface area contributed by atoms with Crippen molar-refractivity contribution in [2.45, 2.75) is 11.8 Å². The molecule has 0 aliphatic heterocycles. The minimum absolute atomic E-state index is 0. The van der Waals surface area contributed by atoms with Gasteiger partial charge in [0.25, 0.3) is 10.1 Å². The van der Waals surface area contributed by atoms with E-state index in [1.54, 1.807) is 56.4 Å². The Kier molecular flexibility index (Phi) is 6.40. The average Bonchev–Trinajstić information content (AvgIpc) is 2.72. The normalized spacial score (nSPS) is 12.5. The topological polar surface area (TPSA) is 113 Å². The van der Waals surface area contributed by atoms with Crippen LogP contribution in [-0.4, -0.2) is 31.6 Å². The summed E-state index contributed by atoms with van der Waals surface area (Å²) in [6.07, 6.45) is 0. The first-order valence-electron chi connectivity index (χ1n) is 9.10. The number of aryl methyl sites for hydroxylation is 1. The minimum Gasteiger partial charge on any atom is -0.388 e. The Balaban J connectivity index is 0.00000272. The third-order valence-corrected chi connectivity index (χ3v) is 5.92. The summed E-state index contributed by atoms with van der Waals surface area (Å²) in [5, 5.41) is 5.86. The van der Waals surface area contributed by atoms with Gasteiger partial charge in [-0.15, -0.1) is 0 Å². The molecule has 0 saturated carbocycles. The molecule has 7 nitrogen and oxygen atoms in total. The van der Waals surface area contributed by atoms with E-state index in [4.69, 9.17) is 0 Å². The number of ketones is 2. The zero-order chi connectivity index (χ0) is 21.6. The van der Waals surface area contributed by atoms with Crippen LogP contribution in [0.5, 0.6) is 0 Å². The predicted octanol–water partition coefficient (Wildman–Crippen LogP) is 0.806. The largest absolute Gasteiger partial charge is 1.00 e. The summed E-state index contributed by atoms with van der Waals surface area (Å²) in [7, 11) is -2.86. The maximum Gasteiger partial charge on any atom is 1.00 e. The summed E-state index contributed by atoms with van der Waals surface area (Å²) in [4.78, 5) is 26.1. The van der Waals surface area contributed by atoms with Gasteiger partial charge in [0.2, 0.25) is 0 Å². The van der Waals surface area contributed by atoms with Crippen molar-refractivity contribution < 1.29 is 52.1 Å². The predicted molar refractivity (Wildman–Crippen MR) is 114 cm³/mol. The summed E-state index contributed by atoms with van der Waals surface area (Å²) in [6.45, 7) is 1.70. The number of anilines is 3. The number of hydrogen-bond acceptors (Lipinski definition) is 6. The summed E-state index contributed by atoms with van der Waals surface area (Å²) in [5.74, 6) is -0.646. The van der Waals surface area contributed by atoms with E-state index in [-0.39, 0.29) is 74.1 Å². The van der Waals surface area contributed by atoms with Crippen molar-refractivity contribution >= 4 is 38.7 Å². The SMILES string of the molecule is CNc1ccc(Nc2ccc(C)cc2S(=O)(=O)O)c2c1C(=O)c1ccccc1C2=O.[Na+]. The molecule has 0 spiro atoms. The molecular formula is C22H18N2NaO5S+. The van der Waals surface area contributed by atoms with Gasteiger partial charge < -0.3 is 10.6 Å². The number of rotatable bonds is 4. The van der Waals surface area contributed by atoms with Gasteiger partial charge in [-0.2, -0.15) is 8.42 Å². The molecule has 1 aliphatic carbocycles. The molecule has 31 heavy (non-hydrogen) atoms. The third-order valence-electron chi connectivity index (χ3n) is 5.03. The van der Waals surface area contributed by atoms with Crippen LogP contribution in [0.15, 0.2) is 59.5 Å². The maximum atomic E-state index is 13.3. The van der Waals surface area contributed by atoms with Crippen molar-refractivity contribution in [2.75, 3.05) is 17.7 Å². The molecule has 152 valence electrons. The Morgan fingerprint density at radius 1 is 0.806 bits per heavy atom. The van der Waals surface area contributed by atoms with Crippen molar-refractivity contribution in [2.24, 2.45) is 0 Å². The first kappa shape index (κ1) is 23.2. The fraction of sp³-hybridized carbons (Fsp3) is 0.0909. The summed E-state index contributed by atoms with van der Waals surface area (Å²) in [6, 6.07) is 14.3. The van der Waals surface area contributed by atoms with E-state index in [1.807, 2.05) is 0 Å². The molecule has 9 heteroatoms. The number of carbonyl (C=O) groups excluding carboxylic acids is 2. The molecule has 1 aliphatic rings. The standard InChI is InChI=1S/C22H18N2O5S.Na/c1-12-7-8-15(18(11-12)30(27,28)29)24-17-10-9-16(23-2)19-20(17)22(26)14-6-4-3-5-13(14)21(19)25;/h3-11,23-24H,1-2H3,(H,27,28,29);/q;+1. The molecule has 0 heterocycles. The second kappa shape index (κ2) is 8.57. The van der Waals surface area contributed by atoms with Gasteiger partial charge in [0.15, 0.2) is 11.6 Å². The molecular weight excluding hydrogens is 427 g/mol. The van der Waals surface area contributed by atoms with Gasteiger partial charge in [-0.25, -0.2) is 0 Å². The smallest absolute Gasteiger partial charge is 0.388 e. The van der Waals surface area contributed by atoms with Crippen LogP contribution in [0, 0.1) is 6.92 Å². The molecule has 0 atom stereocenters. The number of benzene rings is 3. The van der Waals surface area contributed by atoms with E-state index < -0.39 is 10.1 Å². The molecule has 0 amide bonds. The average molecular weight is 445 g/mol. The zero-order valence-corrected chi connectivity index (χ0v) is 20.0. The van der Waals surface area contributed by atoms with Crippen LogP contribution in [0.25, 0.3) is 0 Å². The maximum absolute atomic E-state index is 13.3. The van der Waals surface area contributed by atoms with Gasteiger partial charge in [-0.05, 0) is 36.8 Å². The first-order chi connectivity index (χ1) is 14.2. The van der Waals surface area contributed by atoms with Crippen LogP contribution in [0.3, 0.4) is 0 Å². The van der Waals surface area contributed by atoms with Crippen molar-refractivity contribution in [3.63, 3.8) is 0 Å². The molecule has 0 bridgehead atoms. The fourth-order valence-corrected chi connectivity index (χ4v) is 4.36. The molecule has 0 aromatic heterocycles. The molecule has 3 N–H and O–H groups in total. The number of carbonyl (C=O) groups is 2. The molecule has 0 saturated heterocycles. The summed E-state index contributed by atoms with van der Waals surface area (Å²) in [5.41, 5.74) is 2.46. The second-order valence-corrected chi connectivity index (χ2v) is 8.35. The van der Waals surface area contributed by atoms with Crippen LogP contribution >= 0.6 is 0 Å². The number of fused-ring (bicyclic) bond motifs is 2. The zero-order valence-electron chi connectivity index (χ0n) is 17.2. The fourth-order valence-electron chi connectivity index (χ4n) is 3.63. The Hall–Kier alpha value is -2.49. The Labute approximate surface area is 201 Å². The molecule has 0 unspecified atom stereocenters. The molecule has 0 radical (unpaired) electrons. The quantitative estimate of drug-likeness (QED) is 0.315. The third kappa shape index (κ3) is 4.05. The molecule has 0 fully saturated rings. The Morgan fingerprint density at radius 2 is 1.32 bits per heavy atom. The Morgan fingerprint density at radius 3 is 1.87 bits per heavy atom. The van der Waals surface area contributed by atoms with Crippen LogP contribution < -0.4 is 40.2 Å². The van der Waals surface area contributed by atoms with Crippen LogP contribution in [-0.2, 0) is 10.1 Å². The van der Waals surface area contributed by atoms with Crippen LogP contribution in [0.1, 0.15) is 37.4 Å². The van der Waals surface area contributed by atoms with Crippen molar-refractivity contribution in [3.05, 3.63) is 82.4 Å². The van der Waals surface area contributed by atoms with E-state index in [9.17, 15) is 22.6 Å². The van der Waals surface area contributed by atoms with Crippen molar-refractivity contribution in [3.8, 4) is 0 Å². The van der Waals surface area contributed by atoms with Crippen LogP contribution in [0.4, 0.5) is 17.1 Å². The van der Waals surface area contributed by atoms with Gasteiger partial charge in [0.1, 0.15) is 4.90 Å². The first-order valence-corrected chi connectivity index (χ1v) is 10.5. The van der Waals surface area contributed by atoms with E-state index in [0.717, 1.165) is 0 Å². The van der Waals surface area contributed by atoms with Gasteiger partial charge in [0.05, 0.1) is 22.5 Å². The van der Waals surface area contributed by atoms with E-state index >= 15 is 0 Å². The van der Waals surface area contributed by atoms with Gasteiger partial charge in [-0.1, -0.05) is 30.3 Å². The van der Waals surface area contributed by atoms with Crippen molar-refractivity contribution in [1.82, 2.24) is 0 Å². The number of hydrogen-bond donors (Lipinski definition) is 3. The van der Waals surface area contributed by atoms with E-state index in [2.05, 4.69) is 10.6 Å². The number of nitrogens with one attached hydrogen (secondary N) is 2. The minimum atomic E-state index is -4.51. The second-order valence-electron chi connectivity index (χ2n) is 6.96. The monoisotopic (exact) mass is 445 g/mol. The summed E-state index contributed by atoms with van der Waals surface area (Å²) < 4.78 is 33.3. The molecule has 4 rings (SSSR count). The van der Waals surface area contributed by atoms with Crippen molar-refractivity contribution in [1.29, 1.82) is 0 Å². The Bertz CT molecular complexity index is 1340. The van der Waals surface area contributed by atoms with Crippen LogP contribution in [0.2, 0.25) is 0 Å². The van der Waals surface area contributed by atoms with Gasteiger partial charge in [0, 0.05) is 23.9 Å². The molecule has 3 aromatic rings. The van der Waals surface area contributed by atoms with E-state index in [0.29, 0.717) is 16.8 Å². The summed E-state index contributed by atoms with van der Waals surface area (Å²) >= 11 is 0. The van der Waals surface area contributed by atoms with Gasteiger partial charge in [-0.3, -0.25) is 14.1 Å².